The minimum atomic E-state index is -0.516. The molecule has 6 nitrogen and oxygen atoms in total. The van der Waals surface area contributed by atoms with Crippen molar-refractivity contribution in [3.8, 4) is 5.75 Å². The van der Waals surface area contributed by atoms with Gasteiger partial charge in [-0.25, -0.2) is 4.98 Å². The van der Waals surface area contributed by atoms with Gasteiger partial charge in [0.05, 0.1) is 11.5 Å². The van der Waals surface area contributed by atoms with Gasteiger partial charge in [0, 0.05) is 17.8 Å². The fourth-order valence-electron chi connectivity index (χ4n) is 1.63. The molecule has 104 valence electrons. The zero-order chi connectivity index (χ0) is 14.5. The molecule has 0 spiro atoms. The van der Waals surface area contributed by atoms with Gasteiger partial charge in [-0.2, -0.15) is 0 Å². The number of benzene rings is 1. The molecule has 0 aliphatic rings. The van der Waals surface area contributed by atoms with E-state index in [1.54, 1.807) is 24.3 Å². The number of anilines is 2. The summed E-state index contributed by atoms with van der Waals surface area (Å²) >= 11 is 5.77. The lowest BCUT2D eigenvalue weighted by molar-refractivity contribution is -0.384. The summed E-state index contributed by atoms with van der Waals surface area (Å²) in [5, 5.41) is 14.0. The Kier molecular flexibility index (Phi) is 4.37. The molecule has 1 N–H and O–H groups in total. The van der Waals surface area contributed by atoms with Crippen LogP contribution in [0.2, 0.25) is 5.15 Å². The average Bonchev–Trinajstić information content (AvgIpc) is 2.39. The molecule has 20 heavy (non-hydrogen) atoms. The van der Waals surface area contributed by atoms with Crippen molar-refractivity contribution < 1.29 is 9.66 Å². The molecule has 0 fully saturated rings. The Hall–Kier alpha value is -2.34. The van der Waals surface area contributed by atoms with Crippen LogP contribution < -0.4 is 10.1 Å². The van der Waals surface area contributed by atoms with Gasteiger partial charge >= 0.3 is 5.69 Å². The highest BCUT2D eigenvalue weighted by molar-refractivity contribution is 6.29. The lowest BCUT2D eigenvalue weighted by Crippen LogP contribution is -2.00. The summed E-state index contributed by atoms with van der Waals surface area (Å²) in [5.74, 6) is 0.762. The Morgan fingerprint density at radius 3 is 2.90 bits per heavy atom. The molecule has 1 aromatic heterocycles. The Balaban J connectivity index is 2.31. The first kappa shape index (κ1) is 14.1. The smallest absolute Gasteiger partial charge is 0.311 e. The zero-order valence-corrected chi connectivity index (χ0v) is 11.4. The molecular weight excluding hydrogens is 282 g/mol. The van der Waals surface area contributed by atoms with E-state index in [0.29, 0.717) is 18.0 Å². The number of hydrogen-bond acceptors (Lipinski definition) is 5. The van der Waals surface area contributed by atoms with Crippen LogP contribution in [0.25, 0.3) is 0 Å². The third-order valence-electron chi connectivity index (χ3n) is 2.44. The van der Waals surface area contributed by atoms with Crippen molar-refractivity contribution in [1.29, 1.82) is 0 Å². The molecule has 1 heterocycles. The van der Waals surface area contributed by atoms with Crippen molar-refractivity contribution >= 4 is 28.8 Å². The van der Waals surface area contributed by atoms with E-state index in [2.05, 4.69) is 10.3 Å². The summed E-state index contributed by atoms with van der Waals surface area (Å²) in [7, 11) is 0. The normalized spacial score (nSPS) is 10.1. The zero-order valence-electron chi connectivity index (χ0n) is 10.7. The molecule has 0 atom stereocenters. The Bertz CT molecular complexity index is 634. The van der Waals surface area contributed by atoms with E-state index in [4.69, 9.17) is 16.3 Å². The summed E-state index contributed by atoms with van der Waals surface area (Å²) < 4.78 is 5.37. The van der Waals surface area contributed by atoms with Gasteiger partial charge in [-0.15, -0.1) is 0 Å². The highest BCUT2D eigenvalue weighted by Crippen LogP contribution is 2.28. The number of ether oxygens (including phenoxy) is 1. The van der Waals surface area contributed by atoms with Crippen LogP contribution in [-0.2, 0) is 0 Å². The van der Waals surface area contributed by atoms with Gasteiger partial charge in [-0.05, 0) is 25.1 Å². The molecular formula is C13H12ClN3O3. The molecule has 0 amide bonds. The van der Waals surface area contributed by atoms with E-state index >= 15 is 0 Å². The lowest BCUT2D eigenvalue weighted by Gasteiger charge is -2.08. The molecule has 0 saturated heterocycles. The summed E-state index contributed by atoms with van der Waals surface area (Å²) in [5.41, 5.74) is 0.491. The largest absolute Gasteiger partial charge is 0.494 e. The van der Waals surface area contributed by atoms with E-state index in [1.807, 2.05) is 6.92 Å². The maximum atomic E-state index is 11.0. The number of nitrogens with one attached hydrogen (secondary N) is 1. The van der Waals surface area contributed by atoms with Crippen molar-refractivity contribution in [3.05, 3.63) is 51.7 Å². The van der Waals surface area contributed by atoms with E-state index in [0.717, 1.165) is 0 Å². The monoisotopic (exact) mass is 293 g/mol. The van der Waals surface area contributed by atoms with E-state index < -0.39 is 4.92 Å². The molecule has 1 aromatic carbocycles. The van der Waals surface area contributed by atoms with Crippen molar-refractivity contribution in [2.45, 2.75) is 6.92 Å². The van der Waals surface area contributed by atoms with Gasteiger partial charge in [0.15, 0.2) is 0 Å². The topological polar surface area (TPSA) is 77.3 Å². The molecule has 0 radical (unpaired) electrons. The van der Waals surface area contributed by atoms with Gasteiger partial charge in [-0.3, -0.25) is 10.1 Å². The number of nitrogens with zero attached hydrogens (tertiary/aromatic N) is 2. The second-order valence-corrected chi connectivity index (χ2v) is 4.23. The lowest BCUT2D eigenvalue weighted by atomic mass is 10.3. The minimum Gasteiger partial charge on any atom is -0.494 e. The maximum absolute atomic E-state index is 11.0. The second kappa shape index (κ2) is 6.21. The SMILES string of the molecule is CCOc1cccc(Nc2nc(Cl)ccc2[N+](=O)[O-])c1. The van der Waals surface area contributed by atoms with Crippen LogP contribution in [0.1, 0.15) is 6.92 Å². The van der Waals surface area contributed by atoms with E-state index in [1.165, 1.54) is 12.1 Å². The molecule has 0 bridgehead atoms. The molecule has 2 rings (SSSR count). The van der Waals surface area contributed by atoms with Gasteiger partial charge in [-0.1, -0.05) is 17.7 Å². The Morgan fingerprint density at radius 1 is 1.40 bits per heavy atom. The first-order valence-electron chi connectivity index (χ1n) is 5.91. The standard InChI is InChI=1S/C13H12ClN3O3/c1-2-20-10-5-3-4-9(8-10)15-13-11(17(18)19)6-7-12(14)16-13/h3-8H,2H2,1H3,(H,15,16). The van der Waals surface area contributed by atoms with Crippen molar-refractivity contribution in [1.82, 2.24) is 4.98 Å². The predicted molar refractivity (Wildman–Crippen MR) is 76.8 cm³/mol. The molecule has 7 heteroatoms. The summed E-state index contributed by atoms with van der Waals surface area (Å²) in [6, 6.07) is 9.76. The summed E-state index contributed by atoms with van der Waals surface area (Å²) in [6.07, 6.45) is 0. The third kappa shape index (κ3) is 3.36. The van der Waals surface area contributed by atoms with E-state index in [9.17, 15) is 10.1 Å². The number of nitro groups is 1. The molecule has 0 aliphatic heterocycles. The fraction of sp³-hybridized carbons (Fsp3) is 0.154. The molecule has 0 aliphatic carbocycles. The Morgan fingerprint density at radius 2 is 2.20 bits per heavy atom. The van der Waals surface area contributed by atoms with Crippen molar-refractivity contribution in [2.75, 3.05) is 11.9 Å². The van der Waals surface area contributed by atoms with Gasteiger partial charge in [0.2, 0.25) is 5.82 Å². The van der Waals surface area contributed by atoms with Gasteiger partial charge in [0.1, 0.15) is 10.9 Å². The quantitative estimate of drug-likeness (QED) is 0.515. The number of rotatable bonds is 5. The Labute approximate surface area is 120 Å². The van der Waals surface area contributed by atoms with Crippen LogP contribution in [-0.4, -0.2) is 16.5 Å². The fourth-order valence-corrected chi connectivity index (χ4v) is 1.78. The highest BCUT2D eigenvalue weighted by Gasteiger charge is 2.16. The molecule has 0 saturated carbocycles. The number of pyridine rings is 1. The summed E-state index contributed by atoms with van der Waals surface area (Å²) in [6.45, 7) is 2.42. The van der Waals surface area contributed by atoms with Crippen molar-refractivity contribution in [3.63, 3.8) is 0 Å². The number of hydrogen-bond donors (Lipinski definition) is 1. The number of halogens is 1. The van der Waals surface area contributed by atoms with Crippen LogP contribution in [0.4, 0.5) is 17.2 Å². The second-order valence-electron chi connectivity index (χ2n) is 3.84. The average molecular weight is 294 g/mol. The summed E-state index contributed by atoms with van der Waals surface area (Å²) in [4.78, 5) is 14.4. The third-order valence-corrected chi connectivity index (χ3v) is 2.65. The predicted octanol–water partition coefficient (Wildman–Crippen LogP) is 3.79. The van der Waals surface area contributed by atoms with Crippen LogP contribution in [0, 0.1) is 10.1 Å². The van der Waals surface area contributed by atoms with Gasteiger partial charge in [0.25, 0.3) is 0 Å². The highest BCUT2D eigenvalue weighted by atomic mass is 35.5. The van der Waals surface area contributed by atoms with E-state index in [-0.39, 0.29) is 16.7 Å². The molecule has 0 unspecified atom stereocenters. The maximum Gasteiger partial charge on any atom is 0.311 e. The number of aromatic nitrogens is 1. The van der Waals surface area contributed by atoms with Crippen molar-refractivity contribution in [2.24, 2.45) is 0 Å². The van der Waals surface area contributed by atoms with Crippen LogP contribution >= 0.6 is 11.6 Å². The van der Waals surface area contributed by atoms with Crippen LogP contribution in [0.3, 0.4) is 0 Å². The first-order chi connectivity index (χ1) is 9.60. The van der Waals surface area contributed by atoms with Crippen LogP contribution in [0.5, 0.6) is 5.75 Å². The van der Waals surface area contributed by atoms with Gasteiger partial charge < -0.3 is 10.1 Å². The first-order valence-corrected chi connectivity index (χ1v) is 6.28. The molecule has 2 aromatic rings. The van der Waals surface area contributed by atoms with Crippen LogP contribution in [0.15, 0.2) is 36.4 Å². The minimum absolute atomic E-state index is 0.0937.